The molecule has 220 valence electrons. The summed E-state index contributed by atoms with van der Waals surface area (Å²) in [7, 11) is 1.25. The minimum absolute atomic E-state index is 0.00922. The highest BCUT2D eigenvalue weighted by Crippen LogP contribution is 2.29. The molecule has 3 amide bonds. The minimum atomic E-state index is -0.678. The summed E-state index contributed by atoms with van der Waals surface area (Å²) in [6.45, 7) is 0.00922. The molecule has 0 fully saturated rings. The van der Waals surface area contributed by atoms with Crippen LogP contribution in [0.4, 0.5) is 26.7 Å². The molecule has 9 N–H and O–H groups in total. The summed E-state index contributed by atoms with van der Waals surface area (Å²) in [4.78, 5) is 37.1. The number of ether oxygens (including phenoxy) is 2. The third-order valence-corrected chi connectivity index (χ3v) is 6.40. The van der Waals surface area contributed by atoms with Crippen molar-refractivity contribution < 1.29 is 23.9 Å². The predicted molar refractivity (Wildman–Crippen MR) is 161 cm³/mol. The highest BCUT2D eigenvalue weighted by atomic mass is 35.5. The van der Waals surface area contributed by atoms with Crippen LogP contribution < -0.4 is 43.3 Å². The van der Waals surface area contributed by atoms with Gasteiger partial charge in [-0.25, -0.2) is 15.4 Å². The van der Waals surface area contributed by atoms with E-state index in [9.17, 15) is 14.4 Å². The minimum Gasteiger partial charge on any atom is -0.453 e. The lowest BCUT2D eigenvalue weighted by Crippen LogP contribution is -2.52. The number of carbonyl (C=O) groups is 3. The molecule has 14 nitrogen and oxygen atoms in total. The lowest BCUT2D eigenvalue weighted by Gasteiger charge is -2.25. The topological polar surface area (TPSA) is 197 Å². The molecule has 2 aromatic rings. The van der Waals surface area contributed by atoms with Crippen molar-refractivity contribution in [3.63, 3.8) is 0 Å². The molecule has 2 aromatic carbocycles. The molecule has 2 aliphatic rings. The number of rotatable bonds is 6. The molecule has 0 aromatic heterocycles. The fourth-order valence-corrected chi connectivity index (χ4v) is 4.39. The van der Waals surface area contributed by atoms with E-state index < -0.39 is 24.4 Å². The van der Waals surface area contributed by atoms with Gasteiger partial charge in [0.25, 0.3) is 0 Å². The molecule has 2 aliphatic heterocycles. The average molecular weight is 596 g/mol. The van der Waals surface area contributed by atoms with Crippen LogP contribution in [0.2, 0.25) is 5.02 Å². The zero-order valence-electron chi connectivity index (χ0n) is 22.5. The highest BCUT2D eigenvalue weighted by Gasteiger charge is 2.27. The Bertz CT molecular complexity index is 1460. The number of anilines is 3. The summed E-state index contributed by atoms with van der Waals surface area (Å²) in [5, 5.41) is 19.9. The van der Waals surface area contributed by atoms with Crippen molar-refractivity contribution in [2.45, 2.75) is 18.6 Å². The molecular weight excluding hydrogens is 566 g/mol. The van der Waals surface area contributed by atoms with Gasteiger partial charge in [-0.3, -0.25) is 20.4 Å². The number of fused-ring (bicyclic) bond motifs is 4. The van der Waals surface area contributed by atoms with Crippen LogP contribution in [0.5, 0.6) is 0 Å². The molecule has 1 unspecified atom stereocenters. The third kappa shape index (κ3) is 7.71. The van der Waals surface area contributed by atoms with Crippen LogP contribution in [0.3, 0.4) is 0 Å². The largest absolute Gasteiger partial charge is 0.453 e. The van der Waals surface area contributed by atoms with E-state index in [1.54, 1.807) is 60.8 Å². The van der Waals surface area contributed by atoms with Gasteiger partial charge in [0.15, 0.2) is 0 Å². The van der Waals surface area contributed by atoms with Crippen LogP contribution in [-0.2, 0) is 14.3 Å². The summed E-state index contributed by atoms with van der Waals surface area (Å²) in [6, 6.07) is 9.52. The normalized spacial score (nSPS) is 18.9. The van der Waals surface area contributed by atoms with Gasteiger partial charge in [0.1, 0.15) is 19.1 Å². The van der Waals surface area contributed by atoms with Crippen molar-refractivity contribution in [2.24, 2.45) is 16.8 Å². The number of nitrogens with two attached hydrogens (primary N) is 2. The van der Waals surface area contributed by atoms with Crippen molar-refractivity contribution in [3.05, 3.63) is 77.0 Å². The number of nitrogens with zero attached hydrogens (tertiary/aromatic N) is 2. The molecule has 0 saturated carbocycles. The highest BCUT2D eigenvalue weighted by molar-refractivity contribution is 6.30. The zero-order valence-corrected chi connectivity index (χ0v) is 23.2. The van der Waals surface area contributed by atoms with Gasteiger partial charge in [-0.15, -0.1) is 0 Å². The van der Waals surface area contributed by atoms with E-state index in [0.29, 0.717) is 45.3 Å². The monoisotopic (exact) mass is 595 g/mol. The summed E-state index contributed by atoms with van der Waals surface area (Å²) >= 11 is 6.15. The number of hydrazine groups is 1. The second-order valence-electron chi connectivity index (χ2n) is 8.98. The molecule has 2 heterocycles. The quantitative estimate of drug-likeness (QED) is 0.0650. The van der Waals surface area contributed by atoms with E-state index in [2.05, 4.69) is 36.4 Å². The van der Waals surface area contributed by atoms with Gasteiger partial charge < -0.3 is 31.3 Å². The Hall–Kier alpha value is -5.21. The van der Waals surface area contributed by atoms with Crippen molar-refractivity contribution >= 4 is 64.9 Å². The second kappa shape index (κ2) is 13.9. The molecule has 2 bridgehead atoms. The van der Waals surface area contributed by atoms with Gasteiger partial charge in [0.2, 0.25) is 5.91 Å². The van der Waals surface area contributed by atoms with Crippen LogP contribution in [0.1, 0.15) is 17.5 Å². The van der Waals surface area contributed by atoms with Crippen LogP contribution in [0, 0.1) is 0 Å². The van der Waals surface area contributed by atoms with Crippen LogP contribution in [0.25, 0.3) is 11.8 Å². The second-order valence-corrected chi connectivity index (χ2v) is 9.41. The molecule has 0 spiro atoms. The Labute approximate surface area is 246 Å². The van der Waals surface area contributed by atoms with Crippen LogP contribution in [-0.4, -0.2) is 50.4 Å². The van der Waals surface area contributed by atoms with Crippen LogP contribution >= 0.6 is 11.6 Å². The first-order chi connectivity index (χ1) is 20.3. The molecule has 2 atom stereocenters. The summed E-state index contributed by atoms with van der Waals surface area (Å²) < 4.78 is 9.90. The third-order valence-electron chi connectivity index (χ3n) is 6.17. The number of amides is 3. The molecule has 4 rings (SSSR count). The van der Waals surface area contributed by atoms with E-state index in [1.807, 2.05) is 0 Å². The first-order valence-electron chi connectivity index (χ1n) is 12.6. The van der Waals surface area contributed by atoms with E-state index in [1.165, 1.54) is 24.5 Å². The molecule has 15 heteroatoms. The number of benzene rings is 2. The number of nitrogens with one attached hydrogen (secondary N) is 5. The number of hydrogen-bond donors (Lipinski definition) is 7. The van der Waals surface area contributed by atoms with Crippen molar-refractivity contribution in [1.82, 2.24) is 16.0 Å². The average Bonchev–Trinajstić information content (AvgIpc) is 3.45. The Morgan fingerprint density at radius 1 is 1.24 bits per heavy atom. The van der Waals surface area contributed by atoms with Gasteiger partial charge >= 0.3 is 12.2 Å². The molecular formula is C27H30ClN9O5. The van der Waals surface area contributed by atoms with E-state index in [0.717, 1.165) is 0 Å². The number of cyclic esters (lactones) is 1. The smallest absolute Gasteiger partial charge is 0.411 e. The number of carbonyl (C=O) groups excluding carboxylic acids is 3. The van der Waals surface area contributed by atoms with E-state index >= 15 is 0 Å². The van der Waals surface area contributed by atoms with E-state index in [4.69, 9.17) is 28.0 Å². The molecule has 0 aliphatic carbocycles. The van der Waals surface area contributed by atoms with Gasteiger partial charge in [-0.1, -0.05) is 23.8 Å². The Morgan fingerprint density at radius 3 is 2.86 bits per heavy atom. The maximum Gasteiger partial charge on any atom is 0.411 e. The number of hydrogen-bond acceptors (Lipinski definition) is 10. The number of methoxy groups -OCH3 is 1. The predicted octanol–water partition coefficient (Wildman–Crippen LogP) is 2.62. The van der Waals surface area contributed by atoms with Gasteiger partial charge in [-0.2, -0.15) is 5.10 Å². The summed E-state index contributed by atoms with van der Waals surface area (Å²) in [5.74, 6) is 10.8. The summed E-state index contributed by atoms with van der Waals surface area (Å²) in [5.41, 5.74) is 3.15. The maximum atomic E-state index is 13.0. The lowest BCUT2D eigenvalue weighted by molar-refractivity contribution is -0.117. The lowest BCUT2D eigenvalue weighted by atomic mass is 10.1. The molecule has 42 heavy (non-hydrogen) atoms. The van der Waals surface area contributed by atoms with Gasteiger partial charge in [-0.05, 0) is 48.9 Å². The Morgan fingerprint density at radius 2 is 2.07 bits per heavy atom. The molecule has 0 radical (unpaired) electrons. The summed E-state index contributed by atoms with van der Waals surface area (Å²) in [6.07, 6.45) is 8.08. The van der Waals surface area contributed by atoms with Crippen molar-refractivity contribution in [3.8, 4) is 0 Å². The SMILES string of the molecule is COC(=O)Nc1ccc2c(c1)NC(=O)OC/C=C/C[C@H](NC(=O)/C=C/c1cc(Cl)ccc1N(N)/C=N\N)C1NC=C2N1. The standard InChI is InChI=1S/C27H30ClN9O5/c1-41-26(39)33-18-7-8-19-21(13-18)36-27(40)42-11-3-2-4-20(25-31-14-22(19)35-25)34-24(38)10-5-16-12-17(28)6-9-23(16)37(30)15-32-29/h2-3,5-10,12-15,20,25,31,35H,4,11,29-30H2,1H3,(H,33,39)(H,34,38)(H,36,40)/b3-2+,10-5+,32-15-/t20-,25?/m0/s1. The molecule has 0 saturated heterocycles. The number of halogens is 1. The first-order valence-corrected chi connectivity index (χ1v) is 13.0. The van der Waals surface area contributed by atoms with Crippen molar-refractivity contribution in [1.29, 1.82) is 0 Å². The van der Waals surface area contributed by atoms with Crippen molar-refractivity contribution in [2.75, 3.05) is 29.4 Å². The Kier molecular flexibility index (Phi) is 9.86. The number of hydrazone groups is 1. The van der Waals surface area contributed by atoms with Gasteiger partial charge in [0.05, 0.1) is 30.2 Å². The fraction of sp³-hybridized carbons (Fsp3) is 0.185. The first kappa shape index (κ1) is 29.8. The fourth-order valence-electron chi connectivity index (χ4n) is 4.21. The zero-order chi connectivity index (χ0) is 30.1. The van der Waals surface area contributed by atoms with Gasteiger partial charge in [0, 0.05) is 34.1 Å². The Balaban J connectivity index is 1.54. The maximum absolute atomic E-state index is 13.0. The van der Waals surface area contributed by atoms with E-state index in [-0.39, 0.29) is 12.5 Å². The van der Waals surface area contributed by atoms with Crippen LogP contribution in [0.15, 0.2) is 65.9 Å².